The van der Waals surface area contributed by atoms with E-state index in [1.54, 1.807) is 6.20 Å². The lowest BCUT2D eigenvalue weighted by Crippen LogP contribution is -2.12. The van der Waals surface area contributed by atoms with Crippen LogP contribution in [0.25, 0.3) is 10.9 Å². The summed E-state index contributed by atoms with van der Waals surface area (Å²) in [6.07, 6.45) is 3.17. The number of nitrogens with zero attached hydrogens (tertiary/aromatic N) is 4. The highest BCUT2D eigenvalue weighted by Crippen LogP contribution is 2.23. The van der Waals surface area contributed by atoms with E-state index in [0.717, 1.165) is 22.3 Å². The summed E-state index contributed by atoms with van der Waals surface area (Å²) >= 11 is 5.86. The third kappa shape index (κ3) is 3.09. The number of rotatable bonds is 4. The minimum atomic E-state index is 0.374. The van der Waals surface area contributed by atoms with Gasteiger partial charge in [0.25, 0.3) is 0 Å². The van der Waals surface area contributed by atoms with E-state index in [9.17, 15) is 0 Å². The number of aromatic nitrogens is 3. The van der Waals surface area contributed by atoms with Crippen LogP contribution in [0.2, 0.25) is 5.15 Å². The van der Waals surface area contributed by atoms with E-state index >= 15 is 0 Å². The summed E-state index contributed by atoms with van der Waals surface area (Å²) in [5.41, 5.74) is 2.12. The first-order valence-corrected chi connectivity index (χ1v) is 7.28. The molecular formula is C16H16ClN5. The maximum Gasteiger partial charge on any atom is 0.149 e. The predicted octanol–water partition coefficient (Wildman–Crippen LogP) is 3.36. The zero-order chi connectivity index (χ0) is 15.5. The van der Waals surface area contributed by atoms with E-state index in [0.29, 0.717) is 17.5 Å². The zero-order valence-electron chi connectivity index (χ0n) is 12.4. The van der Waals surface area contributed by atoms with Gasteiger partial charge in [-0.05, 0) is 17.7 Å². The monoisotopic (exact) mass is 313 g/mol. The third-order valence-electron chi connectivity index (χ3n) is 3.31. The van der Waals surface area contributed by atoms with Crippen molar-refractivity contribution in [1.29, 1.82) is 0 Å². The van der Waals surface area contributed by atoms with Crippen molar-refractivity contribution < 1.29 is 0 Å². The van der Waals surface area contributed by atoms with Gasteiger partial charge in [-0.15, -0.1) is 0 Å². The second-order valence-electron chi connectivity index (χ2n) is 5.13. The van der Waals surface area contributed by atoms with Gasteiger partial charge in [-0.3, -0.25) is 4.98 Å². The predicted molar refractivity (Wildman–Crippen MR) is 90.4 cm³/mol. The first-order chi connectivity index (χ1) is 10.6. The van der Waals surface area contributed by atoms with Gasteiger partial charge in [-0.25, -0.2) is 9.97 Å². The van der Waals surface area contributed by atoms with E-state index in [1.165, 1.54) is 6.20 Å². The molecule has 0 aliphatic rings. The van der Waals surface area contributed by atoms with Gasteiger partial charge >= 0.3 is 0 Å². The minimum Gasteiger partial charge on any atom is -0.365 e. The average molecular weight is 314 g/mol. The molecule has 0 saturated carbocycles. The lowest BCUT2D eigenvalue weighted by atomic mass is 10.1. The van der Waals surface area contributed by atoms with Crippen LogP contribution in [0.4, 0.5) is 11.6 Å². The summed E-state index contributed by atoms with van der Waals surface area (Å²) in [6.45, 7) is 0.624. The Morgan fingerprint density at radius 1 is 1.14 bits per heavy atom. The molecule has 22 heavy (non-hydrogen) atoms. The molecule has 0 radical (unpaired) electrons. The van der Waals surface area contributed by atoms with Gasteiger partial charge in [-0.1, -0.05) is 29.8 Å². The fourth-order valence-corrected chi connectivity index (χ4v) is 2.37. The van der Waals surface area contributed by atoms with E-state index in [2.05, 4.69) is 32.4 Å². The summed E-state index contributed by atoms with van der Waals surface area (Å²) in [5, 5.41) is 4.75. The van der Waals surface area contributed by atoms with Crippen LogP contribution in [0.3, 0.4) is 0 Å². The van der Waals surface area contributed by atoms with Gasteiger partial charge in [0.1, 0.15) is 16.8 Å². The molecule has 0 aliphatic heterocycles. The van der Waals surface area contributed by atoms with Crippen molar-refractivity contribution in [1.82, 2.24) is 15.0 Å². The Morgan fingerprint density at radius 3 is 2.73 bits per heavy atom. The third-order valence-corrected chi connectivity index (χ3v) is 3.49. The largest absolute Gasteiger partial charge is 0.365 e. The highest BCUT2D eigenvalue weighted by molar-refractivity contribution is 6.29. The van der Waals surface area contributed by atoms with Gasteiger partial charge in [-0.2, -0.15) is 0 Å². The van der Waals surface area contributed by atoms with Crippen LogP contribution in [0.1, 0.15) is 5.56 Å². The van der Waals surface area contributed by atoms with Gasteiger partial charge in [0, 0.05) is 26.0 Å². The standard InChI is InChI=1S/C16H16ClN5/c1-22(2)16-7-11(12-5-3-4-6-13(12)20-16)8-19-15-10-18-9-14(17)21-15/h3-7,9-10H,8H2,1-2H3,(H,19,21). The summed E-state index contributed by atoms with van der Waals surface area (Å²) < 4.78 is 0. The van der Waals surface area contributed by atoms with E-state index in [1.807, 2.05) is 37.2 Å². The fourth-order valence-electron chi connectivity index (χ4n) is 2.22. The number of anilines is 2. The van der Waals surface area contributed by atoms with Crippen molar-refractivity contribution in [3.8, 4) is 0 Å². The Hall–Kier alpha value is -2.40. The summed E-state index contributed by atoms with van der Waals surface area (Å²) in [7, 11) is 3.97. The van der Waals surface area contributed by atoms with Crippen molar-refractivity contribution in [3.05, 3.63) is 53.4 Å². The minimum absolute atomic E-state index is 0.374. The first-order valence-electron chi connectivity index (χ1n) is 6.91. The van der Waals surface area contributed by atoms with E-state index < -0.39 is 0 Å². The molecule has 0 fully saturated rings. The smallest absolute Gasteiger partial charge is 0.149 e. The van der Waals surface area contributed by atoms with Crippen LogP contribution >= 0.6 is 11.6 Å². The van der Waals surface area contributed by atoms with Crippen LogP contribution in [0.15, 0.2) is 42.7 Å². The summed E-state index contributed by atoms with van der Waals surface area (Å²) in [5.74, 6) is 1.58. The average Bonchev–Trinajstić information content (AvgIpc) is 2.52. The second-order valence-corrected chi connectivity index (χ2v) is 5.52. The van der Waals surface area contributed by atoms with Crippen LogP contribution in [0.5, 0.6) is 0 Å². The van der Waals surface area contributed by atoms with Crippen LogP contribution in [-0.2, 0) is 6.54 Å². The lowest BCUT2D eigenvalue weighted by molar-refractivity contribution is 1.05. The van der Waals surface area contributed by atoms with Gasteiger partial charge < -0.3 is 10.2 Å². The fraction of sp³-hybridized carbons (Fsp3) is 0.188. The van der Waals surface area contributed by atoms with Crippen molar-refractivity contribution in [3.63, 3.8) is 0 Å². The molecule has 0 atom stereocenters. The van der Waals surface area contributed by atoms with Gasteiger partial charge in [0.2, 0.25) is 0 Å². The molecule has 0 aliphatic carbocycles. The Balaban J connectivity index is 1.95. The molecule has 1 aromatic carbocycles. The number of halogens is 1. The molecule has 3 rings (SSSR count). The maximum absolute atomic E-state index is 5.86. The highest BCUT2D eigenvalue weighted by Gasteiger charge is 2.07. The first kappa shape index (κ1) is 14.5. The number of benzene rings is 1. The molecule has 112 valence electrons. The van der Waals surface area contributed by atoms with Crippen LogP contribution in [0, 0.1) is 0 Å². The van der Waals surface area contributed by atoms with Crippen LogP contribution < -0.4 is 10.2 Å². The molecule has 0 amide bonds. The number of pyridine rings is 1. The molecule has 6 heteroatoms. The van der Waals surface area contributed by atoms with Crippen molar-refractivity contribution >= 4 is 34.1 Å². The SMILES string of the molecule is CN(C)c1cc(CNc2cncc(Cl)n2)c2ccccc2n1. The molecule has 2 aromatic heterocycles. The Kier molecular flexibility index (Phi) is 4.06. The lowest BCUT2D eigenvalue weighted by Gasteiger charge is -2.15. The van der Waals surface area contributed by atoms with E-state index in [-0.39, 0.29) is 0 Å². The molecule has 2 heterocycles. The zero-order valence-corrected chi connectivity index (χ0v) is 13.2. The molecule has 0 bridgehead atoms. The van der Waals surface area contributed by atoms with Crippen LogP contribution in [-0.4, -0.2) is 29.0 Å². The quantitative estimate of drug-likeness (QED) is 0.800. The van der Waals surface area contributed by atoms with Crippen molar-refractivity contribution in [2.75, 3.05) is 24.3 Å². The number of fused-ring (bicyclic) bond motifs is 1. The molecule has 1 N–H and O–H groups in total. The normalized spacial score (nSPS) is 10.7. The molecule has 0 unspecified atom stereocenters. The number of hydrogen-bond acceptors (Lipinski definition) is 5. The summed E-state index contributed by atoms with van der Waals surface area (Å²) in [6, 6.07) is 10.2. The second kappa shape index (κ2) is 6.15. The Morgan fingerprint density at radius 2 is 1.95 bits per heavy atom. The van der Waals surface area contributed by atoms with E-state index in [4.69, 9.17) is 11.6 Å². The maximum atomic E-state index is 5.86. The number of para-hydroxylation sites is 1. The number of hydrogen-bond donors (Lipinski definition) is 1. The Labute approximate surface area is 134 Å². The summed E-state index contributed by atoms with van der Waals surface area (Å²) in [4.78, 5) is 14.9. The Bertz CT molecular complexity index is 803. The molecular weight excluding hydrogens is 298 g/mol. The topological polar surface area (TPSA) is 53.9 Å². The number of nitrogens with one attached hydrogen (secondary N) is 1. The van der Waals surface area contributed by atoms with Crippen molar-refractivity contribution in [2.24, 2.45) is 0 Å². The van der Waals surface area contributed by atoms with Crippen molar-refractivity contribution in [2.45, 2.75) is 6.54 Å². The molecule has 3 aromatic rings. The molecule has 0 saturated heterocycles. The molecule has 5 nitrogen and oxygen atoms in total. The van der Waals surface area contributed by atoms with Gasteiger partial charge in [0.05, 0.1) is 17.9 Å². The highest BCUT2D eigenvalue weighted by atomic mass is 35.5. The van der Waals surface area contributed by atoms with Gasteiger partial charge in [0.15, 0.2) is 0 Å². The molecule has 0 spiro atoms.